The SMILES string of the molecule is Fc1cc2[nH]ncc2c(Br)c1I. The molecule has 5 heteroatoms. The maximum absolute atomic E-state index is 13.1. The molecule has 0 unspecified atom stereocenters. The van der Waals surface area contributed by atoms with Gasteiger partial charge in [-0.25, -0.2) is 4.39 Å². The van der Waals surface area contributed by atoms with Gasteiger partial charge >= 0.3 is 0 Å². The highest BCUT2D eigenvalue weighted by atomic mass is 127. The Balaban J connectivity index is 2.94. The standard InChI is InChI=1S/C7H3BrFIN2/c8-6-3-2-11-12-5(3)1-4(9)7(6)10/h1-2H,(H,11,12). The Labute approximate surface area is 89.8 Å². The van der Waals surface area contributed by atoms with Crippen molar-refractivity contribution in [2.24, 2.45) is 0 Å². The van der Waals surface area contributed by atoms with Crippen molar-refractivity contribution in [3.05, 3.63) is 26.1 Å². The first-order chi connectivity index (χ1) is 5.70. The van der Waals surface area contributed by atoms with Gasteiger partial charge in [0.05, 0.1) is 15.3 Å². The summed E-state index contributed by atoms with van der Waals surface area (Å²) in [6.07, 6.45) is 1.67. The fourth-order valence-electron chi connectivity index (χ4n) is 0.994. The van der Waals surface area contributed by atoms with Crippen LogP contribution in [0.2, 0.25) is 0 Å². The van der Waals surface area contributed by atoms with Crippen LogP contribution in [-0.2, 0) is 0 Å². The summed E-state index contributed by atoms with van der Waals surface area (Å²) < 4.78 is 14.4. The molecule has 0 spiro atoms. The topological polar surface area (TPSA) is 28.7 Å². The van der Waals surface area contributed by atoms with Crippen LogP contribution < -0.4 is 0 Å². The maximum Gasteiger partial charge on any atom is 0.139 e. The van der Waals surface area contributed by atoms with E-state index in [2.05, 4.69) is 26.1 Å². The van der Waals surface area contributed by atoms with Gasteiger partial charge in [0, 0.05) is 15.9 Å². The second-order valence-electron chi connectivity index (χ2n) is 2.32. The number of aromatic amines is 1. The molecular formula is C7H3BrFIN2. The molecule has 1 N–H and O–H groups in total. The van der Waals surface area contributed by atoms with Gasteiger partial charge in [-0.05, 0) is 38.5 Å². The largest absolute Gasteiger partial charge is 0.278 e. The summed E-state index contributed by atoms with van der Waals surface area (Å²) in [6, 6.07) is 1.44. The Morgan fingerprint density at radius 1 is 1.58 bits per heavy atom. The van der Waals surface area contributed by atoms with E-state index in [1.165, 1.54) is 6.07 Å². The molecule has 0 aliphatic carbocycles. The second-order valence-corrected chi connectivity index (χ2v) is 4.19. The third-order valence-electron chi connectivity index (χ3n) is 1.58. The lowest BCUT2D eigenvalue weighted by Gasteiger charge is -1.98. The number of H-pyrrole nitrogens is 1. The predicted molar refractivity (Wildman–Crippen MR) is 56.5 cm³/mol. The molecule has 0 fully saturated rings. The maximum atomic E-state index is 13.1. The van der Waals surface area contributed by atoms with Crippen LogP contribution in [0.15, 0.2) is 16.7 Å². The van der Waals surface area contributed by atoms with Gasteiger partial charge in [-0.3, -0.25) is 5.10 Å². The molecule has 0 amide bonds. The van der Waals surface area contributed by atoms with Crippen molar-refractivity contribution in [2.45, 2.75) is 0 Å². The van der Waals surface area contributed by atoms with Gasteiger partial charge in [-0.15, -0.1) is 0 Å². The molecule has 0 bridgehead atoms. The first-order valence-electron chi connectivity index (χ1n) is 3.16. The van der Waals surface area contributed by atoms with Gasteiger partial charge in [0.2, 0.25) is 0 Å². The van der Waals surface area contributed by atoms with Crippen LogP contribution in [-0.4, -0.2) is 10.2 Å². The van der Waals surface area contributed by atoms with Gasteiger partial charge in [0.25, 0.3) is 0 Å². The molecule has 0 saturated heterocycles. The fourth-order valence-corrected chi connectivity index (χ4v) is 1.95. The molecule has 0 aliphatic rings. The van der Waals surface area contributed by atoms with Gasteiger partial charge in [-0.1, -0.05) is 0 Å². The molecule has 2 nitrogen and oxygen atoms in total. The molecule has 62 valence electrons. The van der Waals surface area contributed by atoms with Crippen molar-refractivity contribution in [2.75, 3.05) is 0 Å². The lowest BCUT2D eigenvalue weighted by Crippen LogP contribution is -1.83. The average molecular weight is 341 g/mol. The van der Waals surface area contributed by atoms with Crippen molar-refractivity contribution >= 4 is 49.4 Å². The van der Waals surface area contributed by atoms with Crippen molar-refractivity contribution in [3.63, 3.8) is 0 Å². The normalized spacial score (nSPS) is 10.9. The summed E-state index contributed by atoms with van der Waals surface area (Å²) in [5, 5.41) is 7.43. The van der Waals surface area contributed by atoms with E-state index in [9.17, 15) is 4.39 Å². The minimum atomic E-state index is -0.237. The number of benzene rings is 1. The number of fused-ring (bicyclic) bond motifs is 1. The predicted octanol–water partition coefficient (Wildman–Crippen LogP) is 3.07. The van der Waals surface area contributed by atoms with Gasteiger partial charge in [-0.2, -0.15) is 5.10 Å². The van der Waals surface area contributed by atoms with E-state index >= 15 is 0 Å². The summed E-state index contributed by atoms with van der Waals surface area (Å²) in [5.74, 6) is -0.237. The van der Waals surface area contributed by atoms with Crippen LogP contribution in [0, 0.1) is 9.39 Å². The van der Waals surface area contributed by atoms with Crippen molar-refractivity contribution in [3.8, 4) is 0 Å². The summed E-state index contributed by atoms with van der Waals surface area (Å²) in [4.78, 5) is 0. The van der Waals surface area contributed by atoms with E-state index in [4.69, 9.17) is 0 Å². The van der Waals surface area contributed by atoms with E-state index in [1.807, 2.05) is 22.6 Å². The van der Waals surface area contributed by atoms with Crippen LogP contribution in [0.25, 0.3) is 10.9 Å². The van der Waals surface area contributed by atoms with Crippen molar-refractivity contribution in [1.29, 1.82) is 0 Å². The molecule has 2 rings (SSSR count). The van der Waals surface area contributed by atoms with Crippen LogP contribution in [0.5, 0.6) is 0 Å². The van der Waals surface area contributed by atoms with Gasteiger partial charge < -0.3 is 0 Å². The van der Waals surface area contributed by atoms with Gasteiger partial charge in [0.1, 0.15) is 5.82 Å². The fraction of sp³-hybridized carbons (Fsp3) is 0. The first kappa shape index (κ1) is 8.43. The highest BCUT2D eigenvalue weighted by Gasteiger charge is 2.09. The molecule has 1 aromatic heterocycles. The third kappa shape index (κ3) is 1.15. The van der Waals surface area contributed by atoms with E-state index in [0.717, 1.165) is 9.86 Å². The molecule has 0 atom stereocenters. The number of hydrogen-bond acceptors (Lipinski definition) is 1. The van der Waals surface area contributed by atoms with E-state index in [-0.39, 0.29) is 5.82 Å². The summed E-state index contributed by atoms with van der Waals surface area (Å²) >= 11 is 5.25. The molecule has 1 aromatic carbocycles. The quantitative estimate of drug-likeness (QED) is 0.579. The third-order valence-corrected chi connectivity index (χ3v) is 4.20. The Hall–Kier alpha value is -0.170. The zero-order valence-corrected chi connectivity index (χ0v) is 9.48. The van der Waals surface area contributed by atoms with Gasteiger partial charge in [0.15, 0.2) is 0 Å². The van der Waals surface area contributed by atoms with Crippen molar-refractivity contribution < 1.29 is 4.39 Å². The summed E-state index contributed by atoms with van der Waals surface area (Å²) in [6.45, 7) is 0. The highest BCUT2D eigenvalue weighted by molar-refractivity contribution is 14.1. The molecule has 0 saturated carbocycles. The van der Waals surface area contributed by atoms with E-state index < -0.39 is 0 Å². The zero-order chi connectivity index (χ0) is 8.72. The van der Waals surface area contributed by atoms with Crippen LogP contribution in [0.3, 0.4) is 0 Å². The van der Waals surface area contributed by atoms with Crippen LogP contribution in [0.4, 0.5) is 4.39 Å². The average Bonchev–Trinajstić information content (AvgIpc) is 2.48. The number of aromatic nitrogens is 2. The summed E-state index contributed by atoms with van der Waals surface area (Å²) in [5.41, 5.74) is 0.708. The zero-order valence-electron chi connectivity index (χ0n) is 5.74. The monoisotopic (exact) mass is 340 g/mol. The smallest absolute Gasteiger partial charge is 0.139 e. The molecular weight excluding hydrogens is 338 g/mol. The Morgan fingerprint density at radius 3 is 3.08 bits per heavy atom. The van der Waals surface area contributed by atoms with E-state index in [1.54, 1.807) is 6.20 Å². The number of halogens is 3. The van der Waals surface area contributed by atoms with Crippen molar-refractivity contribution in [1.82, 2.24) is 10.2 Å². The van der Waals surface area contributed by atoms with Crippen LogP contribution in [0.1, 0.15) is 0 Å². The number of hydrogen-bond donors (Lipinski definition) is 1. The Morgan fingerprint density at radius 2 is 2.33 bits per heavy atom. The number of nitrogens with one attached hydrogen (secondary N) is 1. The first-order valence-corrected chi connectivity index (χ1v) is 5.04. The Kier molecular flexibility index (Phi) is 2.07. The second kappa shape index (κ2) is 2.95. The molecule has 0 radical (unpaired) electrons. The van der Waals surface area contributed by atoms with Crippen LogP contribution >= 0.6 is 38.5 Å². The Bertz CT molecular complexity index is 440. The minimum absolute atomic E-state index is 0.237. The number of rotatable bonds is 0. The lowest BCUT2D eigenvalue weighted by molar-refractivity contribution is 0.621. The molecule has 1 heterocycles. The minimum Gasteiger partial charge on any atom is -0.278 e. The molecule has 0 aliphatic heterocycles. The number of nitrogens with zero attached hydrogens (tertiary/aromatic N) is 1. The lowest BCUT2D eigenvalue weighted by atomic mass is 10.2. The summed E-state index contributed by atoms with van der Waals surface area (Å²) in [7, 11) is 0. The highest BCUT2D eigenvalue weighted by Crippen LogP contribution is 2.29. The molecule has 2 aromatic rings. The van der Waals surface area contributed by atoms with E-state index in [0.29, 0.717) is 9.09 Å². The molecule has 12 heavy (non-hydrogen) atoms.